The van der Waals surface area contributed by atoms with Crippen LogP contribution in [-0.2, 0) is 30.9 Å². The van der Waals surface area contributed by atoms with Crippen LogP contribution >= 0.6 is 0 Å². The standard InChI is InChI=1S/C24H32F4N4O8S/c1-22(2,3)39-20(35)30(8-7-24(26,27)28)11-13-9-14-15(32(13)21(36)40-23(4,5)6)10-16(33)19(18(14)25)31-12-17(34)29-41(31,37)38/h10,13,33H,7-9,11-12H2,1-6H3,(H,29,34)/t13-/m1/s1. The number of rotatable bonds is 5. The number of aromatic hydroxyl groups is 1. The van der Waals surface area contributed by atoms with Crippen LogP contribution in [0.2, 0.25) is 0 Å². The Bertz CT molecular complexity index is 1340. The molecule has 0 aliphatic carbocycles. The van der Waals surface area contributed by atoms with E-state index >= 15 is 4.39 Å². The summed E-state index contributed by atoms with van der Waals surface area (Å²) in [6.45, 7) is 6.92. The van der Waals surface area contributed by atoms with Gasteiger partial charge in [0.2, 0.25) is 0 Å². The highest BCUT2D eigenvalue weighted by molar-refractivity contribution is 7.92. The maximum Gasteiger partial charge on any atom is 0.415 e. The number of alkyl halides is 3. The summed E-state index contributed by atoms with van der Waals surface area (Å²) >= 11 is 0. The van der Waals surface area contributed by atoms with Gasteiger partial charge < -0.3 is 19.5 Å². The van der Waals surface area contributed by atoms with Crippen molar-refractivity contribution in [2.45, 2.75) is 77.8 Å². The molecule has 230 valence electrons. The van der Waals surface area contributed by atoms with Gasteiger partial charge in [0.05, 0.1) is 18.2 Å². The molecule has 2 aliphatic heterocycles. The number of benzene rings is 1. The first-order chi connectivity index (χ1) is 18.5. The van der Waals surface area contributed by atoms with E-state index in [9.17, 15) is 41.1 Å². The summed E-state index contributed by atoms with van der Waals surface area (Å²) in [4.78, 5) is 39.5. The fraction of sp³-hybridized carbons (Fsp3) is 0.625. The number of ether oxygens (including phenoxy) is 2. The number of hydrogen-bond acceptors (Lipinski definition) is 8. The molecule has 1 atom stereocenters. The van der Waals surface area contributed by atoms with Crippen LogP contribution in [0.3, 0.4) is 0 Å². The lowest BCUT2D eigenvalue weighted by Crippen LogP contribution is -2.50. The number of fused-ring (bicyclic) bond motifs is 1. The van der Waals surface area contributed by atoms with E-state index in [0.29, 0.717) is 4.31 Å². The molecule has 2 aliphatic rings. The predicted molar refractivity (Wildman–Crippen MR) is 137 cm³/mol. The maximum absolute atomic E-state index is 15.9. The van der Waals surface area contributed by atoms with Crippen LogP contribution in [0.25, 0.3) is 0 Å². The molecule has 1 fully saturated rings. The lowest BCUT2D eigenvalue weighted by molar-refractivity contribution is -0.137. The highest BCUT2D eigenvalue weighted by Gasteiger charge is 2.45. The van der Waals surface area contributed by atoms with Crippen LogP contribution in [0.15, 0.2) is 6.07 Å². The van der Waals surface area contributed by atoms with E-state index in [1.807, 2.05) is 0 Å². The third-order valence-corrected chi connectivity index (χ3v) is 7.15. The number of halogens is 4. The summed E-state index contributed by atoms with van der Waals surface area (Å²) in [5.74, 6) is -3.19. The van der Waals surface area contributed by atoms with Gasteiger partial charge in [-0.05, 0) is 41.5 Å². The average Bonchev–Trinajstić information content (AvgIpc) is 3.23. The number of amides is 3. The van der Waals surface area contributed by atoms with E-state index in [0.717, 1.165) is 15.9 Å². The zero-order valence-electron chi connectivity index (χ0n) is 23.3. The normalized spacial score (nSPS) is 18.7. The van der Waals surface area contributed by atoms with E-state index in [4.69, 9.17) is 9.47 Å². The lowest BCUT2D eigenvalue weighted by atomic mass is 10.1. The van der Waals surface area contributed by atoms with Crippen molar-refractivity contribution in [2.75, 3.05) is 28.8 Å². The van der Waals surface area contributed by atoms with E-state index in [1.165, 1.54) is 41.5 Å². The van der Waals surface area contributed by atoms with Crippen LogP contribution in [0.5, 0.6) is 5.75 Å². The minimum absolute atomic E-state index is 0.251. The summed E-state index contributed by atoms with van der Waals surface area (Å²) in [5, 5.41) is 10.7. The van der Waals surface area contributed by atoms with Gasteiger partial charge in [-0.1, -0.05) is 0 Å². The quantitative estimate of drug-likeness (QED) is 0.480. The van der Waals surface area contributed by atoms with Crippen LogP contribution in [0.1, 0.15) is 53.5 Å². The Morgan fingerprint density at radius 1 is 1.12 bits per heavy atom. The molecule has 0 saturated carbocycles. The first-order valence-electron chi connectivity index (χ1n) is 12.4. The number of carbonyl (C=O) groups is 3. The molecule has 17 heteroatoms. The SMILES string of the molecule is CC(C)(C)OC(=O)N(CCC(F)(F)F)C[C@H]1Cc2c(cc(O)c(N3CC(=O)NS3(=O)=O)c2F)N1C(=O)OC(C)(C)C. The van der Waals surface area contributed by atoms with Crippen LogP contribution < -0.4 is 13.9 Å². The average molecular weight is 613 g/mol. The molecule has 1 aromatic rings. The Kier molecular flexibility index (Phi) is 8.37. The summed E-state index contributed by atoms with van der Waals surface area (Å²) in [7, 11) is -4.54. The van der Waals surface area contributed by atoms with Gasteiger partial charge >= 0.3 is 28.6 Å². The summed E-state index contributed by atoms with van der Waals surface area (Å²) in [5.41, 5.74) is -3.53. The molecule has 2 heterocycles. The molecule has 0 spiro atoms. The van der Waals surface area contributed by atoms with Gasteiger partial charge in [0, 0.05) is 31.1 Å². The molecule has 0 unspecified atom stereocenters. The van der Waals surface area contributed by atoms with Gasteiger partial charge in [-0.25, -0.2) is 23.0 Å². The molecule has 0 radical (unpaired) electrons. The van der Waals surface area contributed by atoms with Crippen molar-refractivity contribution in [3.63, 3.8) is 0 Å². The van der Waals surface area contributed by atoms with Gasteiger partial charge in [0.25, 0.3) is 5.91 Å². The van der Waals surface area contributed by atoms with Crippen LogP contribution in [-0.4, -0.2) is 79.6 Å². The second kappa shape index (κ2) is 10.7. The van der Waals surface area contributed by atoms with E-state index in [1.54, 1.807) is 4.72 Å². The Labute approximate surface area is 234 Å². The van der Waals surface area contributed by atoms with Crippen molar-refractivity contribution in [2.24, 2.45) is 0 Å². The molecule has 0 aromatic heterocycles. The van der Waals surface area contributed by atoms with Gasteiger partial charge in [-0.15, -0.1) is 0 Å². The second-order valence-electron chi connectivity index (χ2n) is 11.6. The minimum atomic E-state index is -4.64. The third-order valence-electron chi connectivity index (χ3n) is 5.77. The van der Waals surface area contributed by atoms with Gasteiger partial charge in [-0.2, -0.15) is 21.6 Å². The Hall–Kier alpha value is -3.50. The fourth-order valence-corrected chi connectivity index (χ4v) is 5.44. The van der Waals surface area contributed by atoms with Crippen LogP contribution in [0.4, 0.5) is 38.5 Å². The summed E-state index contributed by atoms with van der Waals surface area (Å²) in [6.07, 6.45) is -8.61. The minimum Gasteiger partial charge on any atom is -0.506 e. The molecule has 1 saturated heterocycles. The zero-order chi connectivity index (χ0) is 31.3. The van der Waals surface area contributed by atoms with E-state index in [-0.39, 0.29) is 11.3 Å². The molecule has 0 bridgehead atoms. The molecule has 3 amide bonds. The Morgan fingerprint density at radius 2 is 1.71 bits per heavy atom. The molecule has 41 heavy (non-hydrogen) atoms. The van der Waals surface area contributed by atoms with Crippen LogP contribution in [0, 0.1) is 5.82 Å². The smallest absolute Gasteiger partial charge is 0.415 e. The topological polar surface area (TPSA) is 146 Å². The predicted octanol–water partition coefficient (Wildman–Crippen LogP) is 3.57. The third kappa shape index (κ3) is 7.62. The summed E-state index contributed by atoms with van der Waals surface area (Å²) < 4.78 is 92.5. The number of nitrogens with zero attached hydrogens (tertiary/aromatic N) is 3. The first-order valence-corrected chi connectivity index (χ1v) is 13.9. The number of carbonyl (C=O) groups excluding carboxylic acids is 3. The maximum atomic E-state index is 15.9. The summed E-state index contributed by atoms with van der Waals surface area (Å²) in [6, 6.07) is -0.316. The zero-order valence-corrected chi connectivity index (χ0v) is 24.1. The molecule has 12 nitrogen and oxygen atoms in total. The number of hydrogen-bond donors (Lipinski definition) is 2. The van der Waals surface area contributed by atoms with E-state index < -0.39 is 101 Å². The number of anilines is 2. The second-order valence-corrected chi connectivity index (χ2v) is 13.2. The Morgan fingerprint density at radius 3 is 2.20 bits per heavy atom. The van der Waals surface area contributed by atoms with Crippen molar-refractivity contribution >= 4 is 39.7 Å². The monoisotopic (exact) mass is 612 g/mol. The van der Waals surface area contributed by atoms with Gasteiger partial charge in [0.15, 0.2) is 5.82 Å². The number of nitrogens with one attached hydrogen (secondary N) is 1. The van der Waals surface area contributed by atoms with Crippen molar-refractivity contribution in [1.29, 1.82) is 0 Å². The van der Waals surface area contributed by atoms with Crippen molar-refractivity contribution in [3.8, 4) is 5.75 Å². The molecular formula is C24H32F4N4O8S. The van der Waals surface area contributed by atoms with Crippen molar-refractivity contribution in [3.05, 3.63) is 17.4 Å². The largest absolute Gasteiger partial charge is 0.506 e. The van der Waals surface area contributed by atoms with Crippen molar-refractivity contribution in [1.82, 2.24) is 9.62 Å². The molecule has 2 N–H and O–H groups in total. The highest BCUT2D eigenvalue weighted by atomic mass is 32.2. The van der Waals surface area contributed by atoms with E-state index in [2.05, 4.69) is 0 Å². The van der Waals surface area contributed by atoms with Gasteiger partial charge in [0.1, 0.15) is 29.2 Å². The molecule has 1 aromatic carbocycles. The number of phenols is 1. The lowest BCUT2D eigenvalue weighted by Gasteiger charge is -2.33. The molecular weight excluding hydrogens is 580 g/mol. The van der Waals surface area contributed by atoms with Crippen molar-refractivity contribution < 1.29 is 54.9 Å². The first kappa shape index (κ1) is 32.0. The highest BCUT2D eigenvalue weighted by Crippen LogP contribution is 2.45. The Balaban J connectivity index is 2.08. The van der Waals surface area contributed by atoms with Gasteiger partial charge in [-0.3, -0.25) is 9.69 Å². The molecule has 3 rings (SSSR count). The fourth-order valence-electron chi connectivity index (χ4n) is 4.27. The number of phenolic OH excluding ortho intramolecular Hbond substituents is 1.